The van der Waals surface area contributed by atoms with Crippen molar-refractivity contribution in [2.24, 2.45) is 5.73 Å². The Balaban J connectivity index is 2.67. The molecule has 0 radical (unpaired) electrons. The fourth-order valence-electron chi connectivity index (χ4n) is 2.89. The van der Waals surface area contributed by atoms with E-state index >= 15 is 0 Å². The summed E-state index contributed by atoms with van der Waals surface area (Å²) in [4.78, 5) is 88.5. The summed E-state index contributed by atoms with van der Waals surface area (Å²) in [6.07, 6.45) is -0.460. The highest BCUT2D eigenvalue weighted by atomic mass is 32.2. The summed E-state index contributed by atoms with van der Waals surface area (Å²) in [5, 5.41) is 29.9. The fraction of sp³-hybridized carbons (Fsp3) is 0.476. The van der Waals surface area contributed by atoms with Crippen molar-refractivity contribution in [3.05, 3.63) is 55.1 Å². The van der Waals surface area contributed by atoms with Gasteiger partial charge < -0.3 is 35.3 Å². The Morgan fingerprint density at radius 3 is 2.00 bits per heavy atom. The average molecular weight is 591 g/mol. The minimum Gasteiger partial charge on any atom is -0.480 e. The van der Waals surface area contributed by atoms with Gasteiger partial charge >= 0.3 is 17.9 Å². The number of thioether (sulfide) groups is 1. The van der Waals surface area contributed by atoms with Crippen LogP contribution in [0.4, 0.5) is 0 Å². The average Bonchev–Trinajstić information content (AvgIpc) is 2.90. The highest BCUT2D eigenvalue weighted by Gasteiger charge is 2.24. The molecule has 0 saturated heterocycles. The Hall–Kier alpha value is -4.52. The topological polar surface area (TPSA) is 267 Å². The lowest BCUT2D eigenvalue weighted by molar-refractivity contribution is -0.763. The summed E-state index contributed by atoms with van der Waals surface area (Å²) in [7, 11) is 1.07. The number of nitrogens with one attached hydrogen (secondary N) is 1. The zero-order valence-electron chi connectivity index (χ0n) is 21.0. The normalized spacial score (nSPS) is 11.8. The third-order valence-corrected chi connectivity index (χ3v) is 5.76. The predicted molar refractivity (Wildman–Crippen MR) is 131 cm³/mol. The van der Waals surface area contributed by atoms with Crippen molar-refractivity contribution in [3.63, 3.8) is 0 Å². The first-order valence-electron chi connectivity index (χ1n) is 11.1. The van der Waals surface area contributed by atoms with Gasteiger partial charge in [-0.15, -0.1) is 20.2 Å². The Morgan fingerprint density at radius 2 is 1.52 bits per heavy atom. The molecule has 4 N–H and O–H groups in total. The molecule has 0 aliphatic rings. The van der Waals surface area contributed by atoms with Gasteiger partial charge in [0.15, 0.2) is 0 Å². The second kappa shape index (κ2) is 17.1. The van der Waals surface area contributed by atoms with Gasteiger partial charge in [-0.05, 0) is 23.1 Å². The summed E-state index contributed by atoms with van der Waals surface area (Å²) in [6, 6.07) is 1.60. The van der Waals surface area contributed by atoms with Crippen LogP contribution in [0.2, 0.25) is 0 Å². The number of aliphatic carboxylic acids is 1. The minimum atomic E-state index is -1.29. The lowest BCUT2D eigenvalue weighted by atomic mass is 10.1. The molecule has 0 heterocycles. The van der Waals surface area contributed by atoms with E-state index in [4.69, 9.17) is 15.6 Å². The molecule has 1 rings (SSSR count). The van der Waals surface area contributed by atoms with Gasteiger partial charge in [-0.3, -0.25) is 14.4 Å². The highest BCUT2D eigenvalue weighted by molar-refractivity contribution is 8.00. The van der Waals surface area contributed by atoms with Crippen molar-refractivity contribution in [3.8, 4) is 0 Å². The molecule has 0 bridgehead atoms. The monoisotopic (exact) mass is 590 g/mol. The molecule has 0 unspecified atom stereocenters. The van der Waals surface area contributed by atoms with E-state index in [2.05, 4.69) is 19.7 Å². The molecule has 18 nitrogen and oxygen atoms in total. The zero-order chi connectivity index (χ0) is 30.2. The summed E-state index contributed by atoms with van der Waals surface area (Å²) in [5.41, 5.74) is 6.00. The molecule has 1 amide bonds. The van der Waals surface area contributed by atoms with E-state index in [1.165, 1.54) is 18.2 Å². The van der Waals surface area contributed by atoms with Crippen LogP contribution in [0.25, 0.3) is 0 Å². The number of nitrogens with zero attached hydrogens (tertiary/aromatic N) is 2. The molecular formula is C21H26N4O14S. The lowest BCUT2D eigenvalue weighted by Gasteiger charge is -2.16. The van der Waals surface area contributed by atoms with Crippen LogP contribution < -0.4 is 11.1 Å². The van der Waals surface area contributed by atoms with Crippen LogP contribution in [0.3, 0.4) is 0 Å². The molecule has 0 spiro atoms. The number of carboxylic acid groups (broad SMARTS) is 1. The highest BCUT2D eigenvalue weighted by Crippen LogP contribution is 2.15. The SMILES string of the molecule is COC(=O)[C@H](CSCC(=O)C(=O)OCc1cc(CO[N+](=O)[O-])cc(CO[N+](=O)[O-])c1)NC(=O)CC[C@H](N)C(=O)O. The fourth-order valence-corrected chi connectivity index (χ4v) is 3.77. The van der Waals surface area contributed by atoms with Crippen LogP contribution in [-0.2, 0) is 62.9 Å². The number of esters is 2. The van der Waals surface area contributed by atoms with Crippen molar-refractivity contribution in [2.75, 3.05) is 18.6 Å². The minimum absolute atomic E-state index is 0.166. The first kappa shape index (κ1) is 33.5. The number of ketones is 1. The third-order valence-electron chi connectivity index (χ3n) is 4.72. The van der Waals surface area contributed by atoms with E-state index in [-0.39, 0.29) is 35.3 Å². The van der Waals surface area contributed by atoms with Gasteiger partial charge in [0.1, 0.15) is 31.9 Å². The van der Waals surface area contributed by atoms with Gasteiger partial charge in [0, 0.05) is 12.2 Å². The molecule has 0 fully saturated rings. The first-order valence-corrected chi connectivity index (χ1v) is 12.3. The maximum absolute atomic E-state index is 12.2. The lowest BCUT2D eigenvalue weighted by Crippen LogP contribution is -2.44. The molecule has 19 heteroatoms. The standard InChI is InChI=1S/C21H26N4O14S/c1-36-20(30)16(23-18(27)3-2-15(22)19(28)29)10-40-11-17(26)21(31)37-7-12-4-13(8-38-24(32)33)6-14(5-12)9-39-25(34)35/h4-6,15-16H,2-3,7-11,22H2,1H3,(H,23,27)(H,28,29)/t15-,16-/m0/s1. The number of Topliss-reactive ketones (excluding diaryl/α,β-unsaturated/α-hetero) is 1. The van der Waals surface area contributed by atoms with Crippen LogP contribution in [0.5, 0.6) is 0 Å². The van der Waals surface area contributed by atoms with Crippen LogP contribution in [-0.4, -0.2) is 75.6 Å². The number of hydrogen-bond acceptors (Lipinski definition) is 15. The molecule has 0 aliphatic heterocycles. The Morgan fingerprint density at radius 1 is 1.00 bits per heavy atom. The Kier molecular flexibility index (Phi) is 14.4. The van der Waals surface area contributed by atoms with Crippen molar-refractivity contribution in [1.82, 2.24) is 5.32 Å². The number of carbonyl (C=O) groups excluding carboxylic acids is 4. The molecule has 220 valence electrons. The smallest absolute Gasteiger partial charge is 0.375 e. The zero-order valence-corrected chi connectivity index (χ0v) is 21.8. The molecule has 40 heavy (non-hydrogen) atoms. The quantitative estimate of drug-likeness (QED) is 0.0777. The molecule has 0 aromatic heterocycles. The summed E-state index contributed by atoms with van der Waals surface area (Å²) >= 11 is 0.812. The molecular weight excluding hydrogens is 564 g/mol. The predicted octanol–water partition coefficient (Wildman–Crippen LogP) is -0.701. The van der Waals surface area contributed by atoms with Crippen LogP contribution in [0.1, 0.15) is 29.5 Å². The van der Waals surface area contributed by atoms with Gasteiger partial charge in [-0.1, -0.05) is 18.2 Å². The van der Waals surface area contributed by atoms with E-state index < -0.39 is 77.4 Å². The molecule has 0 saturated carbocycles. The maximum Gasteiger partial charge on any atom is 0.375 e. The number of ether oxygens (including phenoxy) is 2. The molecule has 1 aromatic carbocycles. The van der Waals surface area contributed by atoms with E-state index in [0.29, 0.717) is 0 Å². The second-order valence-corrected chi connectivity index (χ2v) is 8.82. The van der Waals surface area contributed by atoms with Crippen molar-refractivity contribution in [2.45, 2.75) is 44.7 Å². The number of benzene rings is 1. The molecule has 0 aliphatic carbocycles. The molecule has 1 aromatic rings. The van der Waals surface area contributed by atoms with Crippen LogP contribution >= 0.6 is 11.8 Å². The Labute approximate surface area is 229 Å². The number of nitrogens with two attached hydrogens (primary N) is 1. The van der Waals surface area contributed by atoms with Gasteiger partial charge in [0.2, 0.25) is 11.7 Å². The van der Waals surface area contributed by atoms with Crippen LogP contribution in [0, 0.1) is 20.2 Å². The number of carbonyl (C=O) groups is 5. The largest absolute Gasteiger partial charge is 0.480 e. The molecule has 2 atom stereocenters. The number of methoxy groups -OCH3 is 1. The van der Waals surface area contributed by atoms with Crippen molar-refractivity contribution in [1.29, 1.82) is 0 Å². The van der Waals surface area contributed by atoms with E-state index in [9.17, 15) is 44.2 Å². The number of hydrogen-bond donors (Lipinski definition) is 3. The number of amides is 1. The van der Waals surface area contributed by atoms with Gasteiger partial charge in [0.25, 0.3) is 10.2 Å². The summed E-state index contributed by atoms with van der Waals surface area (Å²) in [5.74, 6) is -5.64. The third kappa shape index (κ3) is 13.3. The van der Waals surface area contributed by atoms with Crippen LogP contribution in [0.15, 0.2) is 18.2 Å². The maximum atomic E-state index is 12.2. The van der Waals surface area contributed by atoms with Gasteiger partial charge in [0.05, 0.1) is 12.9 Å². The number of rotatable bonds is 19. The summed E-state index contributed by atoms with van der Waals surface area (Å²) in [6.45, 7) is -1.47. The van der Waals surface area contributed by atoms with E-state index in [1.54, 1.807) is 0 Å². The van der Waals surface area contributed by atoms with Gasteiger partial charge in [-0.2, -0.15) is 11.8 Å². The first-order chi connectivity index (χ1) is 18.8. The second-order valence-electron chi connectivity index (χ2n) is 7.79. The van der Waals surface area contributed by atoms with Crippen molar-refractivity contribution >= 4 is 41.4 Å². The number of carboxylic acids is 1. The Bertz CT molecular complexity index is 1080. The summed E-state index contributed by atoms with van der Waals surface area (Å²) < 4.78 is 9.54. The van der Waals surface area contributed by atoms with E-state index in [0.717, 1.165) is 18.9 Å². The van der Waals surface area contributed by atoms with Crippen molar-refractivity contribution < 1.29 is 58.4 Å². The van der Waals surface area contributed by atoms with Gasteiger partial charge in [-0.25, -0.2) is 9.59 Å². The van der Waals surface area contributed by atoms with E-state index in [1.807, 2.05) is 0 Å².